The molecule has 0 saturated carbocycles. The quantitative estimate of drug-likeness (QED) is 0.648. The van der Waals surface area contributed by atoms with Gasteiger partial charge in [0.2, 0.25) is 5.91 Å². The van der Waals surface area contributed by atoms with E-state index in [0.717, 1.165) is 10.7 Å². The zero-order valence-corrected chi connectivity index (χ0v) is 9.24. The Kier molecular flexibility index (Phi) is 2.60. The summed E-state index contributed by atoms with van der Waals surface area (Å²) in [6, 6.07) is 1.65. The van der Waals surface area contributed by atoms with Crippen LogP contribution in [0.4, 0.5) is 5.69 Å². The molecule has 0 radical (unpaired) electrons. The lowest BCUT2D eigenvalue weighted by atomic mass is 10.1. The number of hydrogen-bond acceptors (Lipinski definition) is 4. The number of phenolic OH excluding ortho intramolecular Hbond substituents is 1. The van der Waals surface area contributed by atoms with Crippen LogP contribution >= 0.6 is 0 Å². The Morgan fingerprint density at radius 3 is 2.81 bits per heavy atom. The van der Waals surface area contributed by atoms with Gasteiger partial charge in [-0.1, -0.05) is 0 Å². The fraction of sp³-hybridized carbons (Fsp3) is 0.364. The Balaban J connectivity index is 2.67. The highest BCUT2D eigenvalue weighted by Gasteiger charge is 2.11. The molecule has 5 nitrogen and oxygen atoms in total. The normalized spacial score (nSPS) is 13.4. The molecule has 0 spiro atoms. The maximum Gasteiger partial charge on any atom is 0.221 e. The minimum Gasteiger partial charge on any atom is -0.505 e. The molecule has 1 heterocycles. The minimum atomic E-state index is -0.220. The summed E-state index contributed by atoms with van der Waals surface area (Å²) in [5.74, 6) is -0.155. The van der Waals surface area contributed by atoms with Gasteiger partial charge in [-0.2, -0.15) is 0 Å². The topological polar surface area (TPSA) is 74.0 Å². The van der Waals surface area contributed by atoms with Gasteiger partial charge in [0.1, 0.15) is 5.75 Å². The van der Waals surface area contributed by atoms with Crippen LogP contribution in [0.3, 0.4) is 0 Å². The number of amides is 1. The highest BCUT2D eigenvalue weighted by Crippen LogP contribution is 2.22. The first-order valence-corrected chi connectivity index (χ1v) is 5.08. The summed E-state index contributed by atoms with van der Waals surface area (Å²) in [4.78, 5) is 19.6. The molecule has 1 aromatic rings. The Morgan fingerprint density at radius 2 is 2.12 bits per heavy atom. The molecule has 1 amide bonds. The van der Waals surface area contributed by atoms with E-state index >= 15 is 0 Å². The summed E-state index contributed by atoms with van der Waals surface area (Å²) in [7, 11) is 0. The first kappa shape index (κ1) is 10.6. The largest absolute Gasteiger partial charge is 0.505 e. The molecule has 84 valence electrons. The molecule has 0 aromatic heterocycles. The molecule has 2 rings (SSSR count). The number of nitrogens with one attached hydrogen (secondary N) is 1. The fourth-order valence-corrected chi connectivity index (χ4v) is 1.72. The third-order valence-electron chi connectivity index (χ3n) is 2.45. The Morgan fingerprint density at radius 1 is 1.44 bits per heavy atom. The van der Waals surface area contributed by atoms with Gasteiger partial charge in [0.25, 0.3) is 0 Å². The Hall–Kier alpha value is -1.91. The lowest BCUT2D eigenvalue weighted by molar-refractivity contribution is -0.114. The maximum absolute atomic E-state index is 11.0. The minimum absolute atomic E-state index is 0.0646. The lowest BCUT2D eigenvalue weighted by Gasteiger charge is -2.10. The van der Waals surface area contributed by atoms with Crippen LogP contribution in [0.5, 0.6) is 5.75 Å². The molecule has 0 fully saturated rings. The Labute approximate surface area is 92.5 Å². The van der Waals surface area contributed by atoms with Gasteiger partial charge in [-0.25, -0.2) is 0 Å². The van der Waals surface area contributed by atoms with Crippen molar-refractivity contribution in [3.05, 3.63) is 22.3 Å². The van der Waals surface area contributed by atoms with Crippen LogP contribution in [-0.4, -0.2) is 24.1 Å². The number of rotatable bonds is 1. The summed E-state index contributed by atoms with van der Waals surface area (Å²) < 4.78 is 0. The van der Waals surface area contributed by atoms with Gasteiger partial charge < -0.3 is 10.4 Å². The van der Waals surface area contributed by atoms with Crippen molar-refractivity contribution in [2.45, 2.75) is 13.8 Å². The SMILES string of the molecule is CC(=O)Nc1cc2c(c(C)c1O)=NCCN=2. The predicted octanol–water partition coefficient (Wildman–Crippen LogP) is -0.0882. The van der Waals surface area contributed by atoms with E-state index in [1.807, 2.05) is 0 Å². The van der Waals surface area contributed by atoms with Gasteiger partial charge in [-0.15, -0.1) is 0 Å². The fourth-order valence-electron chi connectivity index (χ4n) is 1.72. The number of hydrogen-bond donors (Lipinski definition) is 2. The van der Waals surface area contributed by atoms with E-state index in [1.165, 1.54) is 6.92 Å². The lowest BCUT2D eigenvalue weighted by Crippen LogP contribution is -2.33. The molecule has 1 aromatic carbocycles. The number of fused-ring (bicyclic) bond motifs is 1. The molecular formula is C11H13N3O2. The van der Waals surface area contributed by atoms with E-state index in [-0.39, 0.29) is 11.7 Å². The second kappa shape index (κ2) is 3.92. The second-order valence-electron chi connectivity index (χ2n) is 3.71. The molecule has 2 N–H and O–H groups in total. The molecule has 1 aliphatic heterocycles. The average Bonchev–Trinajstić information content (AvgIpc) is 2.25. The van der Waals surface area contributed by atoms with Crippen LogP contribution in [0.15, 0.2) is 16.1 Å². The molecule has 0 atom stereocenters. The number of carbonyl (C=O) groups is 1. The molecular weight excluding hydrogens is 206 g/mol. The third-order valence-corrected chi connectivity index (χ3v) is 2.45. The van der Waals surface area contributed by atoms with E-state index in [0.29, 0.717) is 24.3 Å². The van der Waals surface area contributed by atoms with Crippen molar-refractivity contribution in [1.82, 2.24) is 0 Å². The van der Waals surface area contributed by atoms with Crippen molar-refractivity contribution in [2.75, 3.05) is 18.4 Å². The maximum atomic E-state index is 11.0. The molecule has 0 saturated heterocycles. The average molecular weight is 219 g/mol. The Bertz CT molecular complexity index is 564. The summed E-state index contributed by atoms with van der Waals surface area (Å²) >= 11 is 0. The number of anilines is 1. The van der Waals surface area contributed by atoms with Crippen molar-refractivity contribution in [3.8, 4) is 5.75 Å². The van der Waals surface area contributed by atoms with E-state index in [9.17, 15) is 9.90 Å². The summed E-state index contributed by atoms with van der Waals surface area (Å²) in [6.07, 6.45) is 0. The second-order valence-corrected chi connectivity index (χ2v) is 3.71. The van der Waals surface area contributed by atoms with E-state index in [2.05, 4.69) is 15.3 Å². The monoisotopic (exact) mass is 219 g/mol. The molecule has 16 heavy (non-hydrogen) atoms. The predicted molar refractivity (Wildman–Crippen MR) is 59.2 cm³/mol. The van der Waals surface area contributed by atoms with Gasteiger partial charge in [-0.3, -0.25) is 14.8 Å². The number of phenols is 1. The van der Waals surface area contributed by atoms with Crippen LogP contribution in [0.1, 0.15) is 12.5 Å². The van der Waals surface area contributed by atoms with E-state index in [4.69, 9.17) is 0 Å². The molecule has 0 bridgehead atoms. The van der Waals surface area contributed by atoms with Crippen LogP contribution in [0, 0.1) is 6.92 Å². The summed E-state index contributed by atoms with van der Waals surface area (Å²) in [6.45, 7) is 4.46. The first-order chi connectivity index (χ1) is 7.59. The van der Waals surface area contributed by atoms with Crippen LogP contribution in [0.25, 0.3) is 0 Å². The first-order valence-electron chi connectivity index (χ1n) is 5.08. The smallest absolute Gasteiger partial charge is 0.221 e. The highest BCUT2D eigenvalue weighted by molar-refractivity contribution is 5.90. The molecule has 1 aliphatic rings. The van der Waals surface area contributed by atoms with Gasteiger partial charge in [0.15, 0.2) is 0 Å². The zero-order chi connectivity index (χ0) is 11.7. The highest BCUT2D eigenvalue weighted by atomic mass is 16.3. The summed E-state index contributed by atoms with van der Waals surface area (Å²) in [5, 5.41) is 13.9. The van der Waals surface area contributed by atoms with Crippen molar-refractivity contribution in [3.63, 3.8) is 0 Å². The van der Waals surface area contributed by atoms with Crippen molar-refractivity contribution in [2.24, 2.45) is 9.98 Å². The summed E-state index contributed by atoms with van der Waals surface area (Å²) in [5.41, 5.74) is 1.05. The third kappa shape index (κ3) is 1.76. The molecule has 5 heteroatoms. The number of carbonyl (C=O) groups excluding carboxylic acids is 1. The standard InChI is InChI=1S/C11H13N3O2/c1-6-10-8(12-3-4-13-10)5-9(11(6)16)14-7(2)15/h5,16H,3-4H2,1-2H3,(H,14,15). The van der Waals surface area contributed by atoms with Crippen molar-refractivity contribution < 1.29 is 9.90 Å². The van der Waals surface area contributed by atoms with Crippen molar-refractivity contribution in [1.29, 1.82) is 0 Å². The van der Waals surface area contributed by atoms with Crippen LogP contribution < -0.4 is 16.0 Å². The van der Waals surface area contributed by atoms with E-state index < -0.39 is 0 Å². The van der Waals surface area contributed by atoms with Gasteiger partial charge in [0.05, 0.1) is 29.5 Å². The van der Waals surface area contributed by atoms with E-state index in [1.54, 1.807) is 13.0 Å². The van der Waals surface area contributed by atoms with Gasteiger partial charge >= 0.3 is 0 Å². The number of benzene rings is 1. The molecule has 0 aliphatic carbocycles. The molecule has 0 unspecified atom stereocenters. The van der Waals surface area contributed by atoms with Crippen LogP contribution in [-0.2, 0) is 4.79 Å². The van der Waals surface area contributed by atoms with Crippen molar-refractivity contribution >= 4 is 11.6 Å². The number of nitrogens with zero attached hydrogens (tertiary/aromatic N) is 2. The zero-order valence-electron chi connectivity index (χ0n) is 9.24. The van der Waals surface area contributed by atoms with Gasteiger partial charge in [-0.05, 0) is 13.0 Å². The van der Waals surface area contributed by atoms with Crippen LogP contribution in [0.2, 0.25) is 0 Å². The number of aromatic hydroxyl groups is 1. The van der Waals surface area contributed by atoms with Gasteiger partial charge in [0, 0.05) is 12.5 Å².